The van der Waals surface area contributed by atoms with E-state index in [-0.39, 0.29) is 18.4 Å². The van der Waals surface area contributed by atoms with E-state index in [1.165, 1.54) is 22.2 Å². The Morgan fingerprint density at radius 3 is 2.48 bits per heavy atom. The molecule has 2 aliphatic heterocycles. The van der Waals surface area contributed by atoms with Crippen molar-refractivity contribution in [1.82, 2.24) is 9.80 Å². The number of hydrogen-bond donors (Lipinski definition) is 0. The van der Waals surface area contributed by atoms with Crippen molar-refractivity contribution in [2.75, 3.05) is 26.2 Å². The van der Waals surface area contributed by atoms with E-state index >= 15 is 0 Å². The van der Waals surface area contributed by atoms with Crippen LogP contribution in [0.15, 0.2) is 59.5 Å². The van der Waals surface area contributed by atoms with Gasteiger partial charge in [0, 0.05) is 13.1 Å². The number of nitrogens with zero attached hydrogens (tertiary/aromatic N) is 2. The molecule has 172 valence electrons. The first-order valence-corrected chi connectivity index (χ1v) is 12.6. The van der Waals surface area contributed by atoms with Crippen molar-refractivity contribution in [2.24, 2.45) is 5.92 Å². The average Bonchev–Trinajstić information content (AvgIpc) is 3.09. The first kappa shape index (κ1) is 23.5. The predicted octanol–water partition coefficient (Wildman–Crippen LogP) is 4.77. The third-order valence-corrected chi connectivity index (χ3v) is 7.37. The molecular formula is C26H28N2O3S2. The van der Waals surface area contributed by atoms with Crippen molar-refractivity contribution < 1.29 is 14.3 Å². The highest BCUT2D eigenvalue weighted by molar-refractivity contribution is 8.26. The van der Waals surface area contributed by atoms with Crippen molar-refractivity contribution in [2.45, 2.75) is 26.2 Å². The van der Waals surface area contributed by atoms with Gasteiger partial charge in [0.2, 0.25) is 5.91 Å². The number of benzene rings is 2. The Hall–Kier alpha value is -2.64. The fourth-order valence-corrected chi connectivity index (χ4v) is 5.44. The molecule has 2 saturated heterocycles. The molecule has 0 atom stereocenters. The number of thiocarbonyl (C=S) groups is 1. The Kier molecular flexibility index (Phi) is 7.83. The second-order valence-corrected chi connectivity index (χ2v) is 9.96. The Labute approximate surface area is 204 Å². The second-order valence-electron chi connectivity index (χ2n) is 8.28. The molecule has 0 bridgehead atoms. The van der Waals surface area contributed by atoms with E-state index in [4.69, 9.17) is 17.0 Å². The van der Waals surface area contributed by atoms with Crippen LogP contribution in [0, 0.1) is 5.92 Å². The Morgan fingerprint density at radius 1 is 1.12 bits per heavy atom. The molecule has 0 unspecified atom stereocenters. The van der Waals surface area contributed by atoms with Crippen LogP contribution in [-0.2, 0) is 16.0 Å². The number of rotatable bonds is 7. The van der Waals surface area contributed by atoms with Crippen LogP contribution in [0.3, 0.4) is 0 Å². The summed E-state index contributed by atoms with van der Waals surface area (Å²) in [5.41, 5.74) is 2.24. The van der Waals surface area contributed by atoms with Gasteiger partial charge >= 0.3 is 0 Å². The van der Waals surface area contributed by atoms with Crippen LogP contribution >= 0.6 is 24.0 Å². The van der Waals surface area contributed by atoms with Crippen molar-refractivity contribution in [1.29, 1.82) is 0 Å². The zero-order valence-corrected chi connectivity index (χ0v) is 20.4. The molecule has 2 aromatic rings. The summed E-state index contributed by atoms with van der Waals surface area (Å²) in [4.78, 5) is 29.7. The Bertz CT molecular complexity index is 1030. The second kappa shape index (κ2) is 11.0. The number of carbonyl (C=O) groups is 2. The van der Waals surface area contributed by atoms with E-state index in [2.05, 4.69) is 24.3 Å². The minimum absolute atomic E-state index is 0.00857. The van der Waals surface area contributed by atoms with Crippen molar-refractivity contribution in [3.8, 4) is 5.75 Å². The number of thioether (sulfide) groups is 1. The van der Waals surface area contributed by atoms with Crippen LogP contribution in [0.2, 0.25) is 0 Å². The lowest BCUT2D eigenvalue weighted by Gasteiger charge is -2.33. The van der Waals surface area contributed by atoms with Gasteiger partial charge in [0.25, 0.3) is 5.91 Å². The molecule has 0 spiro atoms. The van der Waals surface area contributed by atoms with Gasteiger partial charge in [0.1, 0.15) is 16.6 Å². The van der Waals surface area contributed by atoms with Gasteiger partial charge < -0.3 is 9.64 Å². The number of likely N-dealkylation sites (tertiary alicyclic amines) is 1. The molecule has 2 aromatic carbocycles. The van der Waals surface area contributed by atoms with Gasteiger partial charge in [-0.2, -0.15) is 0 Å². The Balaban J connectivity index is 1.31. The standard InChI is InChI=1S/C26H28N2O3S2/c1-2-31-22-10-8-20(9-11-22)17-23-25(30)28(26(32)33-23)18-24(29)27-14-12-21(13-15-27)16-19-6-4-3-5-7-19/h3-11,17,21H,2,12-16,18H2,1H3. The molecule has 0 aromatic heterocycles. The van der Waals surface area contributed by atoms with Gasteiger partial charge in [-0.1, -0.05) is 66.4 Å². The fourth-order valence-electron chi connectivity index (χ4n) is 4.18. The SMILES string of the molecule is CCOc1ccc(C=C2SC(=S)N(CC(=O)N3CCC(Cc4ccccc4)CC3)C2=O)cc1. The van der Waals surface area contributed by atoms with Crippen LogP contribution in [0.25, 0.3) is 6.08 Å². The first-order chi connectivity index (χ1) is 16.0. The van der Waals surface area contributed by atoms with E-state index in [0.717, 1.165) is 43.7 Å². The molecular weight excluding hydrogens is 452 g/mol. The Morgan fingerprint density at radius 2 is 1.82 bits per heavy atom. The van der Waals surface area contributed by atoms with Crippen molar-refractivity contribution >= 4 is 46.2 Å². The molecule has 33 heavy (non-hydrogen) atoms. The molecule has 2 aliphatic rings. The maximum atomic E-state index is 12.9. The topological polar surface area (TPSA) is 49.9 Å². The summed E-state index contributed by atoms with van der Waals surface area (Å²) < 4.78 is 5.89. The highest BCUT2D eigenvalue weighted by atomic mass is 32.2. The monoisotopic (exact) mass is 480 g/mol. The molecule has 0 saturated carbocycles. The van der Waals surface area contributed by atoms with E-state index < -0.39 is 0 Å². The number of piperidine rings is 1. The van der Waals surface area contributed by atoms with Gasteiger partial charge in [0.05, 0.1) is 11.5 Å². The minimum Gasteiger partial charge on any atom is -0.494 e. The van der Waals surface area contributed by atoms with Gasteiger partial charge in [-0.05, 0) is 61.4 Å². The average molecular weight is 481 g/mol. The largest absolute Gasteiger partial charge is 0.494 e. The molecule has 0 N–H and O–H groups in total. The molecule has 5 nitrogen and oxygen atoms in total. The first-order valence-electron chi connectivity index (χ1n) is 11.3. The van der Waals surface area contributed by atoms with Gasteiger partial charge in [-0.3, -0.25) is 14.5 Å². The zero-order valence-electron chi connectivity index (χ0n) is 18.7. The van der Waals surface area contributed by atoms with E-state index in [1.807, 2.05) is 48.2 Å². The van der Waals surface area contributed by atoms with Crippen LogP contribution in [0.4, 0.5) is 0 Å². The maximum Gasteiger partial charge on any atom is 0.266 e. The number of amides is 2. The van der Waals surface area contributed by atoms with E-state index in [9.17, 15) is 9.59 Å². The fraction of sp³-hybridized carbons (Fsp3) is 0.346. The van der Waals surface area contributed by atoms with Gasteiger partial charge in [0.15, 0.2) is 0 Å². The smallest absolute Gasteiger partial charge is 0.266 e. The van der Waals surface area contributed by atoms with Crippen LogP contribution in [0.5, 0.6) is 5.75 Å². The lowest BCUT2D eigenvalue weighted by atomic mass is 9.90. The summed E-state index contributed by atoms with van der Waals surface area (Å²) in [5, 5.41) is 0. The predicted molar refractivity (Wildman–Crippen MR) is 137 cm³/mol. The lowest BCUT2D eigenvalue weighted by molar-refractivity contribution is -0.136. The lowest BCUT2D eigenvalue weighted by Crippen LogP contribution is -2.45. The molecule has 2 fully saturated rings. The van der Waals surface area contributed by atoms with Crippen molar-refractivity contribution in [3.05, 3.63) is 70.6 Å². The third kappa shape index (κ3) is 6.03. The number of ether oxygens (including phenoxy) is 1. The molecule has 4 rings (SSSR count). The summed E-state index contributed by atoms with van der Waals surface area (Å²) in [6.07, 6.45) is 4.83. The zero-order chi connectivity index (χ0) is 23.2. The minimum atomic E-state index is -0.203. The quantitative estimate of drug-likeness (QED) is 0.422. The van der Waals surface area contributed by atoms with E-state index in [0.29, 0.717) is 21.8 Å². The maximum absolute atomic E-state index is 12.9. The van der Waals surface area contributed by atoms with Crippen LogP contribution < -0.4 is 4.74 Å². The van der Waals surface area contributed by atoms with E-state index in [1.54, 1.807) is 0 Å². The highest BCUT2D eigenvalue weighted by Gasteiger charge is 2.35. The number of carbonyl (C=O) groups excluding carboxylic acids is 2. The summed E-state index contributed by atoms with van der Waals surface area (Å²) >= 11 is 6.66. The molecule has 2 heterocycles. The molecule has 0 radical (unpaired) electrons. The van der Waals surface area contributed by atoms with Crippen LogP contribution in [-0.4, -0.2) is 52.2 Å². The highest BCUT2D eigenvalue weighted by Crippen LogP contribution is 2.33. The van der Waals surface area contributed by atoms with Gasteiger partial charge in [-0.15, -0.1) is 0 Å². The summed E-state index contributed by atoms with van der Waals surface area (Å²) in [5.74, 6) is 1.14. The normalized spacial score (nSPS) is 18.3. The molecule has 2 amide bonds. The van der Waals surface area contributed by atoms with Crippen molar-refractivity contribution in [3.63, 3.8) is 0 Å². The molecule has 7 heteroatoms. The summed E-state index contributed by atoms with van der Waals surface area (Å²) in [6.45, 7) is 4.01. The summed E-state index contributed by atoms with van der Waals surface area (Å²) in [6, 6.07) is 18.1. The third-order valence-electron chi connectivity index (χ3n) is 5.99. The number of hydrogen-bond acceptors (Lipinski definition) is 5. The molecule has 0 aliphatic carbocycles. The van der Waals surface area contributed by atoms with Gasteiger partial charge in [-0.25, -0.2) is 0 Å². The summed E-state index contributed by atoms with van der Waals surface area (Å²) in [7, 11) is 0. The van der Waals surface area contributed by atoms with Crippen LogP contribution in [0.1, 0.15) is 30.9 Å².